The molecule has 0 atom stereocenters. The molecule has 0 unspecified atom stereocenters. The highest BCUT2D eigenvalue weighted by Gasteiger charge is 2.23. The molecule has 1 aliphatic carbocycles. The van der Waals surface area contributed by atoms with Crippen molar-refractivity contribution in [3.63, 3.8) is 0 Å². The molecule has 88 valence electrons. The SMILES string of the molecule is COC(=O)c1c(N)nsc1NC1CCCC1. The summed E-state index contributed by atoms with van der Waals surface area (Å²) in [5.41, 5.74) is 6.03. The maximum absolute atomic E-state index is 11.5. The van der Waals surface area contributed by atoms with Gasteiger partial charge in [0.15, 0.2) is 5.82 Å². The number of nitrogens with one attached hydrogen (secondary N) is 1. The molecule has 0 amide bonds. The molecular formula is C10H15N3O2S. The Morgan fingerprint density at radius 2 is 2.25 bits per heavy atom. The second-order valence-electron chi connectivity index (χ2n) is 3.89. The van der Waals surface area contributed by atoms with Gasteiger partial charge in [0.05, 0.1) is 7.11 Å². The van der Waals surface area contributed by atoms with Crippen molar-refractivity contribution < 1.29 is 9.53 Å². The highest BCUT2D eigenvalue weighted by atomic mass is 32.1. The fourth-order valence-corrected chi connectivity index (χ4v) is 2.74. The molecule has 16 heavy (non-hydrogen) atoms. The van der Waals surface area contributed by atoms with Crippen LogP contribution in [0.3, 0.4) is 0 Å². The van der Waals surface area contributed by atoms with Crippen LogP contribution >= 0.6 is 11.5 Å². The molecular weight excluding hydrogens is 226 g/mol. The van der Waals surface area contributed by atoms with E-state index in [0.717, 1.165) is 17.8 Å². The summed E-state index contributed by atoms with van der Waals surface area (Å²) in [7, 11) is 1.35. The minimum Gasteiger partial charge on any atom is -0.465 e. The number of nitrogens with zero attached hydrogens (tertiary/aromatic N) is 1. The van der Waals surface area contributed by atoms with Gasteiger partial charge in [-0.2, -0.15) is 4.37 Å². The van der Waals surface area contributed by atoms with Crippen LogP contribution in [0.15, 0.2) is 0 Å². The molecule has 1 aliphatic rings. The van der Waals surface area contributed by atoms with Crippen LogP contribution in [0, 0.1) is 0 Å². The van der Waals surface area contributed by atoms with E-state index in [9.17, 15) is 4.79 Å². The van der Waals surface area contributed by atoms with Crippen LogP contribution < -0.4 is 11.1 Å². The van der Waals surface area contributed by atoms with Crippen molar-refractivity contribution in [2.45, 2.75) is 31.7 Å². The van der Waals surface area contributed by atoms with Gasteiger partial charge < -0.3 is 15.8 Å². The van der Waals surface area contributed by atoms with Gasteiger partial charge in [-0.25, -0.2) is 4.79 Å². The summed E-state index contributed by atoms with van der Waals surface area (Å²) in [6.45, 7) is 0. The van der Waals surface area contributed by atoms with Crippen LogP contribution in [0.5, 0.6) is 0 Å². The van der Waals surface area contributed by atoms with Crippen molar-refractivity contribution in [2.24, 2.45) is 0 Å². The van der Waals surface area contributed by atoms with E-state index in [1.807, 2.05) is 0 Å². The largest absolute Gasteiger partial charge is 0.465 e. The summed E-state index contributed by atoms with van der Waals surface area (Å²) >= 11 is 1.22. The Kier molecular flexibility index (Phi) is 3.28. The first-order chi connectivity index (χ1) is 7.72. The first-order valence-electron chi connectivity index (χ1n) is 5.32. The van der Waals surface area contributed by atoms with Crippen molar-refractivity contribution in [1.82, 2.24) is 4.37 Å². The first-order valence-corrected chi connectivity index (χ1v) is 6.09. The fraction of sp³-hybridized carbons (Fsp3) is 0.600. The molecule has 6 heteroatoms. The molecule has 1 aromatic heterocycles. The standard InChI is InChI=1S/C10H15N3O2S/c1-15-10(14)7-8(11)13-16-9(7)12-6-4-2-3-5-6/h6,12H,2-5H2,1H3,(H2,11,13). The van der Waals surface area contributed by atoms with Crippen LogP contribution in [0.2, 0.25) is 0 Å². The lowest BCUT2D eigenvalue weighted by Crippen LogP contribution is -2.16. The summed E-state index contributed by atoms with van der Waals surface area (Å²) in [5, 5.41) is 4.05. The van der Waals surface area contributed by atoms with Gasteiger partial charge in [0.2, 0.25) is 0 Å². The van der Waals surface area contributed by atoms with Gasteiger partial charge in [0.25, 0.3) is 0 Å². The van der Waals surface area contributed by atoms with Crippen LogP contribution in [-0.2, 0) is 4.74 Å². The highest BCUT2D eigenvalue weighted by Crippen LogP contribution is 2.31. The molecule has 5 nitrogen and oxygen atoms in total. The van der Waals surface area contributed by atoms with E-state index in [-0.39, 0.29) is 5.82 Å². The number of rotatable bonds is 3. The number of aromatic nitrogens is 1. The average molecular weight is 241 g/mol. The molecule has 1 heterocycles. The number of nitrogen functional groups attached to an aromatic ring is 1. The summed E-state index contributed by atoms with van der Waals surface area (Å²) in [6, 6.07) is 0.434. The Hall–Kier alpha value is -1.30. The number of ether oxygens (including phenoxy) is 1. The van der Waals surface area contributed by atoms with E-state index in [2.05, 4.69) is 14.4 Å². The molecule has 0 bridgehead atoms. The molecule has 0 aromatic carbocycles. The van der Waals surface area contributed by atoms with Crippen molar-refractivity contribution >= 4 is 28.3 Å². The minimum absolute atomic E-state index is 0.248. The topological polar surface area (TPSA) is 77.2 Å². The number of carbonyl (C=O) groups is 1. The Bertz CT molecular complexity index is 385. The second kappa shape index (κ2) is 4.69. The zero-order valence-corrected chi connectivity index (χ0v) is 9.97. The lowest BCUT2D eigenvalue weighted by atomic mass is 10.2. The number of anilines is 2. The Labute approximate surface area is 98.1 Å². The molecule has 1 saturated carbocycles. The normalized spacial score (nSPS) is 16.3. The number of carbonyl (C=O) groups excluding carboxylic acids is 1. The van der Waals surface area contributed by atoms with Gasteiger partial charge in [-0.3, -0.25) is 0 Å². The van der Waals surface area contributed by atoms with Gasteiger partial charge >= 0.3 is 5.97 Å². The smallest absolute Gasteiger partial charge is 0.344 e. The first kappa shape index (κ1) is 11.2. The van der Waals surface area contributed by atoms with E-state index in [0.29, 0.717) is 11.6 Å². The van der Waals surface area contributed by atoms with E-state index >= 15 is 0 Å². The van der Waals surface area contributed by atoms with Crippen LogP contribution in [0.1, 0.15) is 36.0 Å². The molecule has 0 spiro atoms. The van der Waals surface area contributed by atoms with Crippen molar-refractivity contribution in [2.75, 3.05) is 18.2 Å². The number of nitrogens with two attached hydrogens (primary N) is 1. The third kappa shape index (κ3) is 2.11. The summed E-state index contributed by atoms with van der Waals surface area (Å²) in [6.07, 6.45) is 4.75. The molecule has 0 saturated heterocycles. The third-order valence-corrected chi connectivity index (χ3v) is 3.59. The van der Waals surface area contributed by atoms with Crippen LogP contribution in [-0.4, -0.2) is 23.5 Å². The number of hydrogen-bond acceptors (Lipinski definition) is 6. The summed E-state index contributed by atoms with van der Waals surface area (Å²) in [5.74, 6) is -0.177. The maximum atomic E-state index is 11.5. The maximum Gasteiger partial charge on any atom is 0.344 e. The van der Waals surface area contributed by atoms with E-state index < -0.39 is 5.97 Å². The van der Waals surface area contributed by atoms with Crippen molar-refractivity contribution in [1.29, 1.82) is 0 Å². The molecule has 1 fully saturated rings. The zero-order valence-electron chi connectivity index (χ0n) is 9.16. The molecule has 3 N–H and O–H groups in total. The van der Waals surface area contributed by atoms with Gasteiger partial charge in [-0.15, -0.1) is 0 Å². The quantitative estimate of drug-likeness (QED) is 0.790. The fourth-order valence-electron chi connectivity index (χ4n) is 1.96. The second-order valence-corrected chi connectivity index (χ2v) is 4.66. The van der Waals surface area contributed by atoms with Gasteiger partial charge in [-0.05, 0) is 24.4 Å². The van der Waals surface area contributed by atoms with E-state index in [4.69, 9.17) is 5.73 Å². The number of esters is 1. The van der Waals surface area contributed by atoms with Gasteiger partial charge in [0.1, 0.15) is 10.6 Å². The van der Waals surface area contributed by atoms with E-state index in [1.165, 1.54) is 31.5 Å². The molecule has 0 radical (unpaired) electrons. The van der Waals surface area contributed by atoms with Crippen LogP contribution in [0.4, 0.5) is 10.8 Å². The third-order valence-electron chi connectivity index (χ3n) is 2.80. The lowest BCUT2D eigenvalue weighted by molar-refractivity contribution is 0.0603. The number of hydrogen-bond donors (Lipinski definition) is 2. The zero-order chi connectivity index (χ0) is 11.5. The van der Waals surface area contributed by atoms with Gasteiger partial charge in [0, 0.05) is 6.04 Å². The predicted octanol–water partition coefficient (Wildman–Crippen LogP) is 1.87. The predicted molar refractivity (Wildman–Crippen MR) is 63.7 cm³/mol. The number of methoxy groups -OCH3 is 1. The van der Waals surface area contributed by atoms with Gasteiger partial charge in [-0.1, -0.05) is 12.8 Å². The summed E-state index contributed by atoms with van der Waals surface area (Å²) in [4.78, 5) is 11.5. The Morgan fingerprint density at radius 1 is 1.56 bits per heavy atom. The molecule has 1 aromatic rings. The Balaban J connectivity index is 2.16. The minimum atomic E-state index is -0.424. The lowest BCUT2D eigenvalue weighted by Gasteiger charge is -2.12. The van der Waals surface area contributed by atoms with E-state index in [1.54, 1.807) is 0 Å². The summed E-state index contributed by atoms with van der Waals surface area (Å²) < 4.78 is 8.67. The Morgan fingerprint density at radius 3 is 2.88 bits per heavy atom. The molecule has 0 aliphatic heterocycles. The van der Waals surface area contributed by atoms with Crippen LogP contribution in [0.25, 0.3) is 0 Å². The van der Waals surface area contributed by atoms with Crippen molar-refractivity contribution in [3.8, 4) is 0 Å². The average Bonchev–Trinajstić information content (AvgIpc) is 2.89. The molecule has 2 rings (SSSR count). The van der Waals surface area contributed by atoms with Crippen molar-refractivity contribution in [3.05, 3.63) is 5.56 Å². The monoisotopic (exact) mass is 241 g/mol. The highest BCUT2D eigenvalue weighted by molar-refractivity contribution is 7.11.